The summed E-state index contributed by atoms with van der Waals surface area (Å²) < 4.78 is 9.10. The maximum Gasteiger partial charge on any atom is 0.248 e. The number of nitrogens with zero attached hydrogens (tertiary/aromatic N) is 3. The molecule has 192 valence electrons. The van der Waals surface area contributed by atoms with E-state index in [1.807, 2.05) is 12.1 Å². The summed E-state index contributed by atoms with van der Waals surface area (Å²) in [5, 5.41) is 28.7. The molecule has 3 aromatic rings. The zero-order valence-electron chi connectivity index (χ0n) is 20.6. The van der Waals surface area contributed by atoms with Gasteiger partial charge in [-0.05, 0) is 75.8 Å². The molecule has 0 aliphatic heterocycles. The van der Waals surface area contributed by atoms with Gasteiger partial charge in [0.05, 0.1) is 23.4 Å². The number of carbonyl (C=O) groups is 1. The molecule has 8 nitrogen and oxygen atoms in total. The van der Waals surface area contributed by atoms with Crippen LogP contribution in [0.25, 0.3) is 0 Å². The van der Waals surface area contributed by atoms with E-state index in [4.69, 9.17) is 16.3 Å². The second kappa shape index (κ2) is 9.82. The number of fused-ring (bicyclic) bond motifs is 2. The lowest BCUT2D eigenvalue weighted by Crippen LogP contribution is -2.29. The lowest BCUT2D eigenvalue weighted by atomic mass is 9.90. The zero-order chi connectivity index (χ0) is 25.4. The van der Waals surface area contributed by atoms with Crippen molar-refractivity contribution in [1.29, 1.82) is 0 Å². The number of rotatable bonds is 9. The minimum Gasteiger partial charge on any atom is -0.494 e. The van der Waals surface area contributed by atoms with Crippen molar-refractivity contribution in [1.82, 2.24) is 14.3 Å². The number of halogens is 1. The standard InChI is InChI=1S/C27H33ClN4O4/c1-27(2,35)16-31-12-11-24(30-31)29-26(34)22(14-20-17-7-8-18(20)10-9-17)32-15-19(13-25(32)33)36-23-6-4-3-5-21(23)28/h3-6,11-13,15,17-18,20,22,33,35H,7-10,14,16H2,1-2H3,(H,29,30,34). The van der Waals surface area contributed by atoms with Gasteiger partial charge in [-0.1, -0.05) is 23.7 Å². The molecule has 2 aliphatic carbocycles. The Morgan fingerprint density at radius 1 is 1.22 bits per heavy atom. The van der Waals surface area contributed by atoms with E-state index in [0.29, 0.717) is 53.1 Å². The summed E-state index contributed by atoms with van der Waals surface area (Å²) in [6.07, 6.45) is 8.87. The van der Waals surface area contributed by atoms with E-state index in [1.54, 1.807) is 53.7 Å². The highest BCUT2D eigenvalue weighted by Crippen LogP contribution is 2.52. The van der Waals surface area contributed by atoms with Gasteiger partial charge in [0.25, 0.3) is 0 Å². The van der Waals surface area contributed by atoms with Gasteiger partial charge in [0, 0.05) is 18.3 Å². The van der Waals surface area contributed by atoms with Crippen molar-refractivity contribution < 1.29 is 19.7 Å². The smallest absolute Gasteiger partial charge is 0.248 e. The number of nitrogens with one attached hydrogen (secondary N) is 1. The zero-order valence-corrected chi connectivity index (χ0v) is 21.4. The first-order valence-corrected chi connectivity index (χ1v) is 12.9. The van der Waals surface area contributed by atoms with Crippen molar-refractivity contribution in [3.63, 3.8) is 0 Å². The third-order valence-corrected chi connectivity index (χ3v) is 7.78. The summed E-state index contributed by atoms with van der Waals surface area (Å²) in [4.78, 5) is 13.6. The summed E-state index contributed by atoms with van der Waals surface area (Å²) in [5.74, 6) is 2.71. The Bertz CT molecular complexity index is 1210. The van der Waals surface area contributed by atoms with Crippen LogP contribution in [0, 0.1) is 17.8 Å². The van der Waals surface area contributed by atoms with E-state index >= 15 is 0 Å². The fourth-order valence-electron chi connectivity index (χ4n) is 5.90. The van der Waals surface area contributed by atoms with Gasteiger partial charge in [0.2, 0.25) is 5.91 Å². The number of hydrogen-bond acceptors (Lipinski definition) is 5. The molecule has 1 aromatic carbocycles. The first-order valence-electron chi connectivity index (χ1n) is 12.6. The maximum atomic E-state index is 13.6. The molecule has 2 fully saturated rings. The van der Waals surface area contributed by atoms with Crippen LogP contribution in [0.5, 0.6) is 17.4 Å². The van der Waals surface area contributed by atoms with Gasteiger partial charge >= 0.3 is 0 Å². The van der Waals surface area contributed by atoms with Gasteiger partial charge < -0.3 is 24.8 Å². The molecule has 3 N–H and O–H groups in total. The third kappa shape index (κ3) is 5.39. The van der Waals surface area contributed by atoms with Crippen molar-refractivity contribution in [2.75, 3.05) is 5.32 Å². The van der Waals surface area contributed by atoms with E-state index in [9.17, 15) is 15.0 Å². The van der Waals surface area contributed by atoms with Crippen LogP contribution in [-0.2, 0) is 11.3 Å². The third-order valence-electron chi connectivity index (χ3n) is 7.47. The monoisotopic (exact) mass is 512 g/mol. The molecule has 2 aromatic heterocycles. The molecular weight excluding hydrogens is 480 g/mol. The topological polar surface area (TPSA) is 102 Å². The number of aromatic nitrogens is 3. The number of aliphatic hydroxyl groups is 1. The number of para-hydroxylation sites is 1. The van der Waals surface area contributed by atoms with Crippen LogP contribution < -0.4 is 10.1 Å². The van der Waals surface area contributed by atoms with Crippen LogP contribution in [0.1, 0.15) is 52.0 Å². The van der Waals surface area contributed by atoms with E-state index in [0.717, 1.165) is 0 Å². The Balaban J connectivity index is 1.39. The predicted octanol–water partition coefficient (Wildman–Crippen LogP) is 5.61. The van der Waals surface area contributed by atoms with Crippen LogP contribution in [0.15, 0.2) is 48.8 Å². The minimum absolute atomic E-state index is 0.0462. The Kier molecular flexibility index (Phi) is 6.74. The van der Waals surface area contributed by atoms with Gasteiger partial charge in [0.15, 0.2) is 11.7 Å². The van der Waals surface area contributed by atoms with E-state index in [-0.39, 0.29) is 11.8 Å². The van der Waals surface area contributed by atoms with E-state index in [1.165, 1.54) is 31.7 Å². The molecule has 1 amide bonds. The second-order valence-electron chi connectivity index (χ2n) is 10.8. The van der Waals surface area contributed by atoms with E-state index < -0.39 is 11.6 Å². The fraction of sp³-hybridized carbons (Fsp3) is 0.481. The van der Waals surface area contributed by atoms with Gasteiger partial charge in [-0.15, -0.1) is 0 Å². The molecule has 2 bridgehead atoms. The number of benzene rings is 1. The molecule has 2 heterocycles. The number of amides is 1. The summed E-state index contributed by atoms with van der Waals surface area (Å²) in [7, 11) is 0. The molecule has 1 unspecified atom stereocenters. The highest BCUT2D eigenvalue weighted by atomic mass is 35.5. The Morgan fingerprint density at radius 2 is 1.92 bits per heavy atom. The number of hydrogen-bond donors (Lipinski definition) is 3. The van der Waals surface area contributed by atoms with Crippen molar-refractivity contribution >= 4 is 23.3 Å². The normalized spacial score (nSPS) is 22.1. The summed E-state index contributed by atoms with van der Waals surface area (Å²) >= 11 is 6.24. The number of carbonyl (C=O) groups excluding carboxylic acids is 1. The van der Waals surface area contributed by atoms with Crippen LogP contribution in [0.3, 0.4) is 0 Å². The molecule has 0 saturated heterocycles. The van der Waals surface area contributed by atoms with Crippen molar-refractivity contribution in [3.8, 4) is 17.4 Å². The van der Waals surface area contributed by atoms with E-state index in [2.05, 4.69) is 10.4 Å². The highest BCUT2D eigenvalue weighted by molar-refractivity contribution is 6.32. The molecule has 5 rings (SSSR count). The lowest BCUT2D eigenvalue weighted by Gasteiger charge is -2.24. The lowest BCUT2D eigenvalue weighted by molar-refractivity contribution is -0.120. The Hall–Kier alpha value is -2.97. The van der Waals surface area contributed by atoms with Crippen LogP contribution in [0.2, 0.25) is 5.02 Å². The summed E-state index contributed by atoms with van der Waals surface area (Å²) in [5.41, 5.74) is -0.924. The first-order chi connectivity index (χ1) is 17.2. The van der Waals surface area contributed by atoms with Gasteiger partial charge in [-0.2, -0.15) is 5.10 Å². The number of anilines is 1. The predicted molar refractivity (Wildman–Crippen MR) is 137 cm³/mol. The molecule has 0 spiro atoms. The Labute approximate surface area is 215 Å². The average molecular weight is 513 g/mol. The quantitative estimate of drug-likeness (QED) is 0.346. The molecule has 2 saturated carbocycles. The molecule has 1 atom stereocenters. The Morgan fingerprint density at radius 3 is 2.58 bits per heavy atom. The molecule has 36 heavy (non-hydrogen) atoms. The largest absolute Gasteiger partial charge is 0.494 e. The van der Waals surface area contributed by atoms with Crippen molar-refractivity contribution in [2.24, 2.45) is 17.8 Å². The minimum atomic E-state index is -0.924. The van der Waals surface area contributed by atoms with Crippen molar-refractivity contribution in [3.05, 3.63) is 53.8 Å². The fourth-order valence-corrected chi connectivity index (χ4v) is 6.07. The van der Waals surface area contributed by atoms with Crippen LogP contribution in [-0.4, -0.2) is 36.1 Å². The molecular formula is C27H33ClN4O4. The molecule has 0 radical (unpaired) electrons. The van der Waals surface area contributed by atoms with Gasteiger partial charge in [0.1, 0.15) is 17.5 Å². The highest BCUT2D eigenvalue weighted by Gasteiger charge is 2.43. The second-order valence-corrected chi connectivity index (χ2v) is 11.2. The van der Waals surface area contributed by atoms with Crippen molar-refractivity contribution in [2.45, 2.75) is 64.1 Å². The molecule has 2 aliphatic rings. The first kappa shape index (κ1) is 24.7. The van der Waals surface area contributed by atoms with Gasteiger partial charge in [-0.25, -0.2) is 0 Å². The average Bonchev–Trinajstić information content (AvgIpc) is 3.58. The maximum absolute atomic E-state index is 13.6. The van der Waals surface area contributed by atoms with Crippen LogP contribution in [0.4, 0.5) is 5.82 Å². The summed E-state index contributed by atoms with van der Waals surface area (Å²) in [6.45, 7) is 3.71. The SMILES string of the molecule is CC(C)(O)Cn1ccc(NC(=O)C(CC2C3CCC2CC3)n2cc(Oc3ccccc3Cl)cc2O)n1. The number of aromatic hydroxyl groups is 1. The molecule has 9 heteroatoms. The summed E-state index contributed by atoms with van der Waals surface area (Å²) in [6, 6.07) is 9.71. The van der Waals surface area contributed by atoms with Gasteiger partial charge in [-0.3, -0.25) is 9.48 Å². The van der Waals surface area contributed by atoms with Crippen LogP contribution >= 0.6 is 11.6 Å². The number of ether oxygens (including phenoxy) is 1.